The molecule has 176 valence electrons. The van der Waals surface area contributed by atoms with Gasteiger partial charge in [0.2, 0.25) is 0 Å². The number of aryl methyl sites for hydroxylation is 3. The van der Waals surface area contributed by atoms with Crippen LogP contribution in [0.4, 0.5) is 0 Å². The molecule has 0 spiro atoms. The molecule has 4 rings (SSSR count). The lowest BCUT2D eigenvalue weighted by Crippen LogP contribution is -2.25. The van der Waals surface area contributed by atoms with E-state index in [0.717, 1.165) is 59.2 Å². The van der Waals surface area contributed by atoms with Crippen LogP contribution in [0.1, 0.15) is 52.1 Å². The van der Waals surface area contributed by atoms with Gasteiger partial charge in [-0.15, -0.1) is 0 Å². The zero-order valence-corrected chi connectivity index (χ0v) is 21.1. The second-order valence-electron chi connectivity index (χ2n) is 8.72. The van der Waals surface area contributed by atoms with E-state index in [1.807, 2.05) is 62.4 Å². The Bertz CT molecular complexity index is 1310. The Morgan fingerprint density at radius 2 is 1.79 bits per heavy atom. The van der Waals surface area contributed by atoms with Crippen LogP contribution in [-0.2, 0) is 13.0 Å². The molecule has 1 heterocycles. The van der Waals surface area contributed by atoms with Crippen LogP contribution in [0.25, 0.3) is 11.0 Å². The zero-order chi connectivity index (χ0) is 24.1. The smallest absolute Gasteiger partial charge is 0.251 e. The molecule has 6 heteroatoms. The van der Waals surface area contributed by atoms with Crippen LogP contribution in [0.5, 0.6) is 0 Å². The maximum atomic E-state index is 12.5. The topological polar surface area (TPSA) is 46.9 Å². The number of nitrogens with one attached hydrogen (secondary N) is 1. The van der Waals surface area contributed by atoms with Gasteiger partial charge in [0.15, 0.2) is 0 Å². The first-order chi connectivity index (χ1) is 16.4. The lowest BCUT2D eigenvalue weighted by atomic mass is 10.1. The predicted molar refractivity (Wildman–Crippen MR) is 141 cm³/mol. The number of hydrogen-bond acceptors (Lipinski definition) is 2. The largest absolute Gasteiger partial charge is 0.352 e. The van der Waals surface area contributed by atoms with Gasteiger partial charge in [0.25, 0.3) is 5.91 Å². The molecule has 34 heavy (non-hydrogen) atoms. The molecule has 3 aromatic carbocycles. The fourth-order valence-corrected chi connectivity index (χ4v) is 4.73. The molecule has 0 aliphatic rings. The molecular weight excluding hydrogens is 465 g/mol. The quantitative estimate of drug-likeness (QED) is 0.251. The average Bonchev–Trinajstić information content (AvgIpc) is 3.15. The van der Waals surface area contributed by atoms with Gasteiger partial charge in [-0.1, -0.05) is 65.5 Å². The third kappa shape index (κ3) is 5.81. The highest BCUT2D eigenvalue weighted by Gasteiger charge is 2.13. The number of amides is 1. The summed E-state index contributed by atoms with van der Waals surface area (Å²) in [6.45, 7) is 5.33. The van der Waals surface area contributed by atoms with Crippen LogP contribution in [0.3, 0.4) is 0 Å². The highest BCUT2D eigenvalue weighted by atomic mass is 35.5. The van der Waals surface area contributed by atoms with Crippen LogP contribution in [0, 0.1) is 13.8 Å². The van der Waals surface area contributed by atoms with Crippen molar-refractivity contribution in [1.82, 2.24) is 14.9 Å². The maximum Gasteiger partial charge on any atom is 0.251 e. The fraction of sp³-hybridized carbons (Fsp3) is 0.286. The summed E-state index contributed by atoms with van der Waals surface area (Å²) in [6, 6.07) is 19.7. The van der Waals surface area contributed by atoms with Crippen molar-refractivity contribution in [3.63, 3.8) is 0 Å². The number of rotatable bonds is 9. The van der Waals surface area contributed by atoms with E-state index in [-0.39, 0.29) is 5.91 Å². The van der Waals surface area contributed by atoms with Crippen LogP contribution in [-0.4, -0.2) is 22.0 Å². The highest BCUT2D eigenvalue weighted by molar-refractivity contribution is 6.35. The number of halogens is 2. The standard InChI is InChI=1S/C28H29Cl2N3O/c1-19-11-14-23(20(2)16-19)28(34)31-15-7-3-4-10-27-32-25-8-5-6-9-26(25)33(27)18-21-12-13-22(29)17-24(21)30/h5-6,8-9,11-14,16-17H,3-4,7,10,15,18H2,1-2H3,(H,31,34). The minimum absolute atomic E-state index is 0.000800. The van der Waals surface area contributed by atoms with Crippen molar-refractivity contribution >= 4 is 40.1 Å². The molecule has 4 aromatic rings. The van der Waals surface area contributed by atoms with Gasteiger partial charge >= 0.3 is 0 Å². The van der Waals surface area contributed by atoms with E-state index in [0.29, 0.717) is 23.1 Å². The Balaban J connectivity index is 1.34. The van der Waals surface area contributed by atoms with Crippen molar-refractivity contribution in [3.05, 3.63) is 98.8 Å². The first kappa shape index (κ1) is 24.3. The second-order valence-corrected chi connectivity index (χ2v) is 9.57. The van der Waals surface area contributed by atoms with E-state index in [4.69, 9.17) is 28.2 Å². The Kier molecular flexibility index (Phi) is 7.91. The molecule has 4 nitrogen and oxygen atoms in total. The Morgan fingerprint density at radius 1 is 0.971 bits per heavy atom. The van der Waals surface area contributed by atoms with Crippen LogP contribution in [0.2, 0.25) is 10.0 Å². The van der Waals surface area contributed by atoms with Crippen molar-refractivity contribution in [1.29, 1.82) is 0 Å². The Hall–Kier alpha value is -2.82. The Labute approximate surface area is 210 Å². The molecule has 0 fully saturated rings. The van der Waals surface area contributed by atoms with Gasteiger partial charge in [0, 0.05) is 28.6 Å². The number of hydrogen-bond donors (Lipinski definition) is 1. The average molecular weight is 494 g/mol. The monoisotopic (exact) mass is 493 g/mol. The summed E-state index contributed by atoms with van der Waals surface area (Å²) in [5, 5.41) is 4.35. The number of benzene rings is 3. The first-order valence-electron chi connectivity index (χ1n) is 11.7. The molecule has 0 radical (unpaired) electrons. The van der Waals surface area contributed by atoms with Crippen LogP contribution in [0.15, 0.2) is 60.7 Å². The van der Waals surface area contributed by atoms with E-state index in [9.17, 15) is 4.79 Å². The summed E-state index contributed by atoms with van der Waals surface area (Å²) in [4.78, 5) is 17.3. The summed E-state index contributed by atoms with van der Waals surface area (Å²) in [5.41, 5.74) is 6.04. The molecule has 1 aromatic heterocycles. The summed E-state index contributed by atoms with van der Waals surface area (Å²) >= 11 is 12.5. The van der Waals surface area contributed by atoms with Crippen molar-refractivity contribution < 1.29 is 4.79 Å². The van der Waals surface area contributed by atoms with Gasteiger partial charge in [0.05, 0.1) is 17.6 Å². The van der Waals surface area contributed by atoms with E-state index >= 15 is 0 Å². The number of fused-ring (bicyclic) bond motifs is 1. The molecule has 0 atom stereocenters. The van der Waals surface area contributed by atoms with E-state index in [1.54, 1.807) is 6.07 Å². The van der Waals surface area contributed by atoms with Gasteiger partial charge in [-0.2, -0.15) is 0 Å². The van der Waals surface area contributed by atoms with Crippen molar-refractivity contribution in [2.45, 2.75) is 46.1 Å². The molecule has 0 bridgehead atoms. The maximum absolute atomic E-state index is 12.5. The molecule has 0 unspecified atom stereocenters. The third-order valence-electron chi connectivity index (χ3n) is 6.07. The first-order valence-corrected chi connectivity index (χ1v) is 12.4. The summed E-state index contributed by atoms with van der Waals surface area (Å²) in [6.07, 6.45) is 3.81. The number of carbonyl (C=O) groups is 1. The van der Waals surface area contributed by atoms with E-state index in [2.05, 4.69) is 16.0 Å². The summed E-state index contributed by atoms with van der Waals surface area (Å²) in [7, 11) is 0. The molecule has 0 saturated carbocycles. The number of unbranched alkanes of at least 4 members (excludes halogenated alkanes) is 2. The SMILES string of the molecule is Cc1ccc(C(=O)NCCCCCc2nc3ccccc3n2Cc2ccc(Cl)cc2Cl)c(C)c1. The normalized spacial score (nSPS) is 11.2. The molecule has 0 saturated heterocycles. The van der Waals surface area contributed by atoms with Crippen molar-refractivity contribution in [3.8, 4) is 0 Å². The minimum atomic E-state index is -0.000800. The highest BCUT2D eigenvalue weighted by Crippen LogP contribution is 2.25. The summed E-state index contributed by atoms with van der Waals surface area (Å²) in [5.74, 6) is 1.05. The molecule has 0 aliphatic heterocycles. The number of nitrogens with zero attached hydrogens (tertiary/aromatic N) is 2. The van der Waals surface area contributed by atoms with Crippen LogP contribution < -0.4 is 5.32 Å². The fourth-order valence-electron chi connectivity index (χ4n) is 4.26. The summed E-state index contributed by atoms with van der Waals surface area (Å²) < 4.78 is 2.24. The number of para-hydroxylation sites is 2. The van der Waals surface area contributed by atoms with E-state index in [1.165, 1.54) is 5.56 Å². The van der Waals surface area contributed by atoms with Gasteiger partial charge < -0.3 is 9.88 Å². The van der Waals surface area contributed by atoms with Crippen molar-refractivity contribution in [2.75, 3.05) is 6.54 Å². The van der Waals surface area contributed by atoms with Gasteiger partial charge in [-0.05, 0) is 68.1 Å². The Morgan fingerprint density at radius 3 is 2.59 bits per heavy atom. The van der Waals surface area contributed by atoms with Gasteiger partial charge in [-0.3, -0.25) is 4.79 Å². The molecular formula is C28H29Cl2N3O. The van der Waals surface area contributed by atoms with Crippen molar-refractivity contribution in [2.24, 2.45) is 0 Å². The number of imidazole rings is 1. The van der Waals surface area contributed by atoms with E-state index < -0.39 is 0 Å². The number of carbonyl (C=O) groups excluding carboxylic acids is 1. The molecule has 1 amide bonds. The van der Waals surface area contributed by atoms with Gasteiger partial charge in [0.1, 0.15) is 5.82 Å². The lowest BCUT2D eigenvalue weighted by molar-refractivity contribution is 0.0952. The zero-order valence-electron chi connectivity index (χ0n) is 19.6. The second kappa shape index (κ2) is 11.1. The molecule has 1 N–H and O–H groups in total. The minimum Gasteiger partial charge on any atom is -0.352 e. The third-order valence-corrected chi connectivity index (χ3v) is 6.65. The number of aromatic nitrogens is 2. The van der Waals surface area contributed by atoms with Crippen LogP contribution >= 0.6 is 23.2 Å². The van der Waals surface area contributed by atoms with Gasteiger partial charge in [-0.25, -0.2) is 4.98 Å². The lowest BCUT2D eigenvalue weighted by Gasteiger charge is -2.11. The molecule has 0 aliphatic carbocycles. The predicted octanol–water partition coefficient (Wildman–Crippen LogP) is 7.15.